The first-order valence-corrected chi connectivity index (χ1v) is 9.36. The van der Waals surface area contributed by atoms with Crippen molar-refractivity contribution in [3.63, 3.8) is 0 Å². The van der Waals surface area contributed by atoms with E-state index in [1.807, 2.05) is 29.8 Å². The number of rotatable bonds is 7. The quantitative estimate of drug-likeness (QED) is 0.734. The molecule has 0 aliphatic carbocycles. The van der Waals surface area contributed by atoms with Crippen molar-refractivity contribution in [2.75, 3.05) is 19.6 Å². The zero-order valence-corrected chi connectivity index (χ0v) is 15.6. The molecule has 1 fully saturated rings. The van der Waals surface area contributed by atoms with Gasteiger partial charge in [0, 0.05) is 70.4 Å². The first-order chi connectivity index (χ1) is 13.2. The molecule has 0 spiro atoms. The molecule has 2 aromatic heterocycles. The SMILES string of the molecule is CCc1nccn1CCC(=O)N1CCNC[C@@H]1C(=O)NCc1ccncc1. The van der Waals surface area contributed by atoms with Gasteiger partial charge in [-0.05, 0) is 17.7 Å². The Hall–Kier alpha value is -2.74. The number of nitrogens with zero attached hydrogens (tertiary/aromatic N) is 4. The van der Waals surface area contributed by atoms with E-state index in [1.54, 1.807) is 23.5 Å². The highest BCUT2D eigenvalue weighted by Crippen LogP contribution is 2.09. The summed E-state index contributed by atoms with van der Waals surface area (Å²) in [7, 11) is 0. The van der Waals surface area contributed by atoms with Crippen LogP contribution in [0.4, 0.5) is 0 Å². The van der Waals surface area contributed by atoms with Crippen LogP contribution in [0.25, 0.3) is 0 Å². The second kappa shape index (κ2) is 9.27. The number of nitrogens with one attached hydrogen (secondary N) is 2. The number of carbonyl (C=O) groups is 2. The molecule has 2 amide bonds. The van der Waals surface area contributed by atoms with E-state index in [2.05, 4.69) is 20.6 Å². The van der Waals surface area contributed by atoms with Crippen molar-refractivity contribution in [1.29, 1.82) is 0 Å². The summed E-state index contributed by atoms with van der Waals surface area (Å²) in [5.74, 6) is 0.829. The Morgan fingerprint density at radius 2 is 2.11 bits per heavy atom. The summed E-state index contributed by atoms with van der Waals surface area (Å²) >= 11 is 0. The van der Waals surface area contributed by atoms with Crippen molar-refractivity contribution >= 4 is 11.8 Å². The average Bonchev–Trinajstić information content (AvgIpc) is 3.18. The van der Waals surface area contributed by atoms with Crippen LogP contribution < -0.4 is 10.6 Å². The maximum Gasteiger partial charge on any atom is 0.244 e. The third kappa shape index (κ3) is 4.91. The Labute approximate surface area is 159 Å². The van der Waals surface area contributed by atoms with Gasteiger partial charge in [0.25, 0.3) is 0 Å². The molecule has 0 radical (unpaired) electrons. The topological polar surface area (TPSA) is 92.2 Å². The van der Waals surface area contributed by atoms with Crippen molar-refractivity contribution in [2.45, 2.75) is 38.9 Å². The number of pyridine rings is 1. The zero-order chi connectivity index (χ0) is 19.1. The molecule has 3 rings (SSSR count). The number of hydrogen-bond acceptors (Lipinski definition) is 5. The number of amides is 2. The van der Waals surface area contributed by atoms with E-state index in [9.17, 15) is 9.59 Å². The van der Waals surface area contributed by atoms with Gasteiger partial charge >= 0.3 is 0 Å². The van der Waals surface area contributed by atoms with Crippen molar-refractivity contribution in [1.82, 2.24) is 30.1 Å². The van der Waals surface area contributed by atoms with Crippen LogP contribution in [0.2, 0.25) is 0 Å². The maximum atomic E-state index is 12.8. The number of aromatic nitrogens is 3. The molecule has 1 atom stereocenters. The molecule has 27 heavy (non-hydrogen) atoms. The summed E-state index contributed by atoms with van der Waals surface area (Å²) in [6, 6.07) is 3.24. The van der Waals surface area contributed by atoms with Gasteiger partial charge in [0.2, 0.25) is 11.8 Å². The monoisotopic (exact) mass is 370 g/mol. The van der Waals surface area contributed by atoms with Crippen molar-refractivity contribution in [3.05, 3.63) is 48.3 Å². The van der Waals surface area contributed by atoms with Crippen LogP contribution in [0.15, 0.2) is 36.9 Å². The van der Waals surface area contributed by atoms with Gasteiger partial charge in [-0.15, -0.1) is 0 Å². The fourth-order valence-corrected chi connectivity index (χ4v) is 3.26. The van der Waals surface area contributed by atoms with Crippen LogP contribution in [-0.4, -0.2) is 56.9 Å². The molecular formula is C19H26N6O2. The summed E-state index contributed by atoms with van der Waals surface area (Å²) in [4.78, 5) is 35.3. The van der Waals surface area contributed by atoms with E-state index in [0.717, 1.165) is 17.8 Å². The van der Waals surface area contributed by atoms with Gasteiger partial charge in [0.1, 0.15) is 11.9 Å². The molecule has 0 bridgehead atoms. The summed E-state index contributed by atoms with van der Waals surface area (Å²) in [5, 5.41) is 6.13. The van der Waals surface area contributed by atoms with Gasteiger partial charge < -0.3 is 20.1 Å². The van der Waals surface area contributed by atoms with Crippen molar-refractivity contribution in [2.24, 2.45) is 0 Å². The predicted molar refractivity (Wildman–Crippen MR) is 101 cm³/mol. The zero-order valence-electron chi connectivity index (χ0n) is 15.6. The number of imidazole rings is 1. The molecule has 1 aliphatic heterocycles. The molecule has 144 valence electrons. The first kappa shape index (κ1) is 19.0. The highest BCUT2D eigenvalue weighted by molar-refractivity contribution is 5.88. The normalized spacial score (nSPS) is 16.9. The van der Waals surface area contributed by atoms with Gasteiger partial charge in [-0.1, -0.05) is 6.92 Å². The molecule has 8 heteroatoms. The Balaban J connectivity index is 1.57. The lowest BCUT2D eigenvalue weighted by molar-refractivity contribution is -0.141. The van der Waals surface area contributed by atoms with Crippen molar-refractivity contribution in [3.8, 4) is 0 Å². The van der Waals surface area contributed by atoms with Crippen LogP contribution in [0.1, 0.15) is 24.7 Å². The summed E-state index contributed by atoms with van der Waals surface area (Å²) in [6.07, 6.45) is 8.22. The lowest BCUT2D eigenvalue weighted by Gasteiger charge is -2.35. The molecule has 3 heterocycles. The van der Waals surface area contributed by atoms with Crippen LogP contribution >= 0.6 is 0 Å². The lowest BCUT2D eigenvalue weighted by atomic mass is 10.1. The second-order valence-electron chi connectivity index (χ2n) is 6.52. The molecule has 0 unspecified atom stereocenters. The van der Waals surface area contributed by atoms with Crippen LogP contribution in [0, 0.1) is 0 Å². The van der Waals surface area contributed by atoms with Gasteiger partial charge in [-0.2, -0.15) is 0 Å². The highest BCUT2D eigenvalue weighted by Gasteiger charge is 2.31. The number of carbonyl (C=O) groups excluding carboxylic acids is 2. The van der Waals surface area contributed by atoms with Gasteiger partial charge in [-0.25, -0.2) is 4.98 Å². The minimum absolute atomic E-state index is 0.00341. The Kier molecular flexibility index (Phi) is 6.54. The fourth-order valence-electron chi connectivity index (χ4n) is 3.26. The molecule has 8 nitrogen and oxygen atoms in total. The third-order valence-corrected chi connectivity index (χ3v) is 4.77. The smallest absolute Gasteiger partial charge is 0.244 e. The van der Waals surface area contributed by atoms with Gasteiger partial charge in [0.15, 0.2) is 0 Å². The number of piperazine rings is 1. The minimum Gasteiger partial charge on any atom is -0.350 e. The largest absolute Gasteiger partial charge is 0.350 e. The van der Waals surface area contributed by atoms with Crippen LogP contribution in [-0.2, 0) is 29.1 Å². The molecule has 2 aromatic rings. The Morgan fingerprint density at radius 1 is 1.30 bits per heavy atom. The maximum absolute atomic E-state index is 12.8. The predicted octanol–water partition coefficient (Wildman–Crippen LogP) is 0.347. The number of aryl methyl sites for hydroxylation is 2. The van der Waals surface area contributed by atoms with Crippen LogP contribution in [0.5, 0.6) is 0 Å². The van der Waals surface area contributed by atoms with E-state index >= 15 is 0 Å². The second-order valence-corrected chi connectivity index (χ2v) is 6.52. The highest BCUT2D eigenvalue weighted by atomic mass is 16.2. The summed E-state index contributed by atoms with van der Waals surface area (Å²) < 4.78 is 2.00. The van der Waals surface area contributed by atoms with Gasteiger partial charge in [0.05, 0.1) is 0 Å². The van der Waals surface area contributed by atoms with Gasteiger partial charge in [-0.3, -0.25) is 14.6 Å². The average molecular weight is 370 g/mol. The number of hydrogen-bond donors (Lipinski definition) is 2. The lowest BCUT2D eigenvalue weighted by Crippen LogP contribution is -2.59. The summed E-state index contributed by atoms with van der Waals surface area (Å²) in [5.41, 5.74) is 0.979. The molecule has 1 aliphatic rings. The molecule has 2 N–H and O–H groups in total. The van der Waals surface area contributed by atoms with Crippen LogP contribution in [0.3, 0.4) is 0 Å². The van der Waals surface area contributed by atoms with E-state index < -0.39 is 6.04 Å². The Morgan fingerprint density at radius 3 is 2.89 bits per heavy atom. The van der Waals surface area contributed by atoms with Crippen molar-refractivity contribution < 1.29 is 9.59 Å². The molecular weight excluding hydrogens is 344 g/mol. The van der Waals surface area contributed by atoms with E-state index in [-0.39, 0.29) is 11.8 Å². The first-order valence-electron chi connectivity index (χ1n) is 9.36. The standard InChI is InChI=1S/C19H26N6O2/c1-2-17-22-9-11-24(17)10-5-18(26)25-12-8-21-14-16(25)19(27)23-13-15-3-6-20-7-4-15/h3-4,6-7,9,11,16,21H,2,5,8,10,12-14H2,1H3,(H,23,27)/t16-/m1/s1. The molecule has 0 aromatic carbocycles. The third-order valence-electron chi connectivity index (χ3n) is 4.77. The Bertz CT molecular complexity index is 761. The summed E-state index contributed by atoms with van der Waals surface area (Å²) in [6.45, 7) is 4.76. The van der Waals surface area contributed by atoms with E-state index in [1.165, 1.54) is 0 Å². The minimum atomic E-state index is -0.485. The molecule has 0 saturated carbocycles. The van der Waals surface area contributed by atoms with E-state index in [0.29, 0.717) is 39.1 Å². The fraction of sp³-hybridized carbons (Fsp3) is 0.474. The van der Waals surface area contributed by atoms with E-state index in [4.69, 9.17) is 0 Å². The molecule has 1 saturated heterocycles.